The quantitative estimate of drug-likeness (QED) is 0.831. The van der Waals surface area contributed by atoms with E-state index in [4.69, 9.17) is 5.11 Å². The lowest BCUT2D eigenvalue weighted by atomic mass is 9.90. The van der Waals surface area contributed by atoms with Gasteiger partial charge in [-0.3, -0.25) is 9.59 Å². The minimum Gasteiger partial charge on any atom is -0.481 e. The molecule has 0 saturated carbocycles. The summed E-state index contributed by atoms with van der Waals surface area (Å²) in [5.41, 5.74) is 1.04. The van der Waals surface area contributed by atoms with Gasteiger partial charge in [-0.1, -0.05) is 12.1 Å². The van der Waals surface area contributed by atoms with Crippen molar-refractivity contribution >= 4 is 35.4 Å². The van der Waals surface area contributed by atoms with Gasteiger partial charge >= 0.3 is 5.97 Å². The molecule has 0 radical (unpaired) electrons. The fourth-order valence-corrected chi connectivity index (χ4v) is 4.90. The second-order valence-electron chi connectivity index (χ2n) is 5.89. The maximum absolute atomic E-state index is 12.1. The highest BCUT2D eigenvalue weighted by Gasteiger charge is 2.26. The van der Waals surface area contributed by atoms with Crippen molar-refractivity contribution in [2.45, 2.75) is 24.9 Å². The first kappa shape index (κ1) is 17.2. The Labute approximate surface area is 139 Å². The van der Waals surface area contributed by atoms with Gasteiger partial charge in [0.25, 0.3) is 5.91 Å². The number of hydrogen-bond acceptors (Lipinski definition) is 4. The molecule has 2 rings (SSSR count). The van der Waals surface area contributed by atoms with Crippen LogP contribution in [0.5, 0.6) is 0 Å². The van der Waals surface area contributed by atoms with Crippen LogP contribution in [0.15, 0.2) is 24.3 Å². The standard InChI is InChI=1S/C16H21NO3S2/c1-16(2,15(19)20)7-8-17-13(18)11-3-5-12(6-4-11)14-21-9-10-22-14/h3-6,14H,7-10H2,1-2H3,(H,17,18)(H,19,20). The minimum atomic E-state index is -0.849. The highest BCUT2D eigenvalue weighted by Crippen LogP contribution is 2.45. The van der Waals surface area contributed by atoms with Gasteiger partial charge in [-0.15, -0.1) is 23.5 Å². The Hall–Kier alpha value is -1.14. The van der Waals surface area contributed by atoms with E-state index in [1.165, 1.54) is 17.1 Å². The fourth-order valence-electron chi connectivity index (χ4n) is 2.04. The van der Waals surface area contributed by atoms with Crippen molar-refractivity contribution in [2.24, 2.45) is 5.41 Å². The third-order valence-electron chi connectivity index (χ3n) is 3.68. The summed E-state index contributed by atoms with van der Waals surface area (Å²) in [6, 6.07) is 7.69. The Balaban J connectivity index is 1.86. The van der Waals surface area contributed by atoms with Gasteiger partial charge in [-0.25, -0.2) is 0 Å². The second-order valence-corrected chi connectivity index (χ2v) is 8.61. The molecule has 1 amide bonds. The molecule has 1 aromatic rings. The van der Waals surface area contributed by atoms with Gasteiger partial charge in [-0.05, 0) is 38.0 Å². The molecule has 0 atom stereocenters. The first-order valence-corrected chi connectivity index (χ1v) is 9.35. The van der Waals surface area contributed by atoms with Crippen LogP contribution in [0, 0.1) is 5.41 Å². The molecule has 1 heterocycles. The summed E-state index contributed by atoms with van der Waals surface area (Å²) in [5, 5.41) is 11.8. The van der Waals surface area contributed by atoms with Gasteiger partial charge in [0, 0.05) is 23.6 Å². The lowest BCUT2D eigenvalue weighted by Gasteiger charge is -2.19. The number of aliphatic carboxylic acids is 1. The number of carboxylic acid groups (broad SMARTS) is 1. The molecule has 1 fully saturated rings. The molecule has 1 saturated heterocycles. The zero-order valence-electron chi connectivity index (χ0n) is 12.8. The summed E-state index contributed by atoms with van der Waals surface area (Å²) in [6.45, 7) is 3.68. The van der Waals surface area contributed by atoms with E-state index < -0.39 is 11.4 Å². The van der Waals surface area contributed by atoms with Crippen molar-refractivity contribution in [1.82, 2.24) is 5.32 Å². The highest BCUT2D eigenvalue weighted by molar-refractivity contribution is 8.19. The predicted molar refractivity (Wildman–Crippen MR) is 92.5 cm³/mol. The molecule has 0 bridgehead atoms. The molecule has 4 nitrogen and oxygen atoms in total. The summed E-state index contributed by atoms with van der Waals surface area (Å²) in [5.74, 6) is 1.35. The van der Waals surface area contributed by atoms with Gasteiger partial charge in [0.1, 0.15) is 0 Å². The predicted octanol–water partition coefficient (Wildman–Crippen LogP) is 3.40. The largest absolute Gasteiger partial charge is 0.481 e. The number of rotatable bonds is 6. The number of carbonyl (C=O) groups excluding carboxylic acids is 1. The molecule has 0 unspecified atom stereocenters. The number of carbonyl (C=O) groups is 2. The second kappa shape index (κ2) is 7.42. The van der Waals surface area contributed by atoms with E-state index in [1.807, 2.05) is 47.8 Å². The van der Waals surface area contributed by atoms with Crippen molar-refractivity contribution < 1.29 is 14.7 Å². The summed E-state index contributed by atoms with van der Waals surface area (Å²) < 4.78 is 0.480. The number of nitrogens with one attached hydrogen (secondary N) is 1. The van der Waals surface area contributed by atoms with E-state index in [-0.39, 0.29) is 5.91 Å². The molecule has 0 aliphatic carbocycles. The molecule has 0 spiro atoms. The van der Waals surface area contributed by atoms with Gasteiger partial charge in [0.2, 0.25) is 0 Å². The monoisotopic (exact) mass is 339 g/mol. The van der Waals surface area contributed by atoms with Gasteiger partial charge in [0.15, 0.2) is 0 Å². The minimum absolute atomic E-state index is 0.153. The van der Waals surface area contributed by atoms with Crippen molar-refractivity contribution in [1.29, 1.82) is 0 Å². The molecule has 6 heteroatoms. The van der Waals surface area contributed by atoms with Crippen molar-refractivity contribution in [3.05, 3.63) is 35.4 Å². The number of thioether (sulfide) groups is 2. The lowest BCUT2D eigenvalue weighted by molar-refractivity contribution is -0.147. The van der Waals surface area contributed by atoms with E-state index in [0.29, 0.717) is 23.1 Å². The number of hydrogen-bond donors (Lipinski definition) is 2. The molecule has 1 aliphatic heterocycles. The van der Waals surface area contributed by atoms with Crippen LogP contribution in [0.25, 0.3) is 0 Å². The maximum Gasteiger partial charge on any atom is 0.309 e. The summed E-state index contributed by atoms with van der Waals surface area (Å²) in [6.07, 6.45) is 0.404. The molecular weight excluding hydrogens is 318 g/mol. The van der Waals surface area contributed by atoms with E-state index in [2.05, 4.69) is 5.32 Å². The van der Waals surface area contributed by atoms with Crippen LogP contribution >= 0.6 is 23.5 Å². The zero-order chi connectivity index (χ0) is 16.2. The van der Waals surface area contributed by atoms with Crippen LogP contribution in [0.1, 0.15) is 40.8 Å². The van der Waals surface area contributed by atoms with Crippen LogP contribution in [0.4, 0.5) is 0 Å². The summed E-state index contributed by atoms with van der Waals surface area (Å²) >= 11 is 3.87. The Morgan fingerprint density at radius 3 is 2.36 bits per heavy atom. The molecule has 0 aromatic heterocycles. The van der Waals surface area contributed by atoms with Gasteiger partial charge < -0.3 is 10.4 Å². The fraction of sp³-hybridized carbons (Fsp3) is 0.500. The Kier molecular flexibility index (Phi) is 5.81. The van der Waals surface area contributed by atoms with Gasteiger partial charge in [-0.2, -0.15) is 0 Å². The molecule has 1 aromatic carbocycles. The smallest absolute Gasteiger partial charge is 0.309 e. The highest BCUT2D eigenvalue weighted by atomic mass is 32.2. The third-order valence-corrected chi connectivity index (χ3v) is 6.79. The van der Waals surface area contributed by atoms with E-state index in [0.717, 1.165) is 0 Å². The molecule has 22 heavy (non-hydrogen) atoms. The maximum atomic E-state index is 12.1. The normalized spacial score (nSPS) is 15.7. The van der Waals surface area contributed by atoms with Crippen molar-refractivity contribution in [3.8, 4) is 0 Å². The van der Waals surface area contributed by atoms with E-state index >= 15 is 0 Å². The van der Waals surface area contributed by atoms with Crippen molar-refractivity contribution in [3.63, 3.8) is 0 Å². The number of carboxylic acids is 1. The van der Waals surface area contributed by atoms with Crippen molar-refractivity contribution in [2.75, 3.05) is 18.1 Å². The lowest BCUT2D eigenvalue weighted by Crippen LogP contribution is -2.31. The van der Waals surface area contributed by atoms with E-state index in [9.17, 15) is 9.59 Å². The average Bonchev–Trinajstić information content (AvgIpc) is 3.01. The van der Waals surface area contributed by atoms with Crippen LogP contribution in [0.2, 0.25) is 0 Å². The summed E-state index contributed by atoms with van der Waals surface area (Å²) in [7, 11) is 0. The molecule has 120 valence electrons. The Morgan fingerprint density at radius 2 is 1.82 bits per heavy atom. The number of amides is 1. The number of benzene rings is 1. The summed E-state index contributed by atoms with van der Waals surface area (Å²) in [4.78, 5) is 23.1. The van der Waals surface area contributed by atoms with Gasteiger partial charge in [0.05, 0.1) is 10.00 Å². The Morgan fingerprint density at radius 1 is 1.23 bits per heavy atom. The third kappa shape index (κ3) is 4.43. The molecular formula is C16H21NO3S2. The first-order chi connectivity index (χ1) is 10.4. The van der Waals surface area contributed by atoms with Crippen LogP contribution in [-0.2, 0) is 4.79 Å². The van der Waals surface area contributed by atoms with Crippen LogP contribution in [0.3, 0.4) is 0 Å². The average molecular weight is 339 g/mol. The SMILES string of the molecule is CC(C)(CCNC(=O)c1ccc(C2SCCS2)cc1)C(=O)O. The Bertz CT molecular complexity index is 537. The topological polar surface area (TPSA) is 66.4 Å². The van der Waals surface area contributed by atoms with E-state index in [1.54, 1.807) is 13.8 Å². The first-order valence-electron chi connectivity index (χ1n) is 7.25. The van der Waals surface area contributed by atoms with Crippen LogP contribution in [-0.4, -0.2) is 35.0 Å². The van der Waals surface area contributed by atoms with Crippen LogP contribution < -0.4 is 5.32 Å². The molecule has 2 N–H and O–H groups in total. The molecule has 1 aliphatic rings. The zero-order valence-corrected chi connectivity index (χ0v) is 14.4.